The summed E-state index contributed by atoms with van der Waals surface area (Å²) in [7, 11) is 1.53. The van der Waals surface area contributed by atoms with Crippen LogP contribution in [-0.4, -0.2) is 25.1 Å². The minimum atomic E-state index is -0.892. The molecule has 2 aromatic rings. The van der Waals surface area contributed by atoms with E-state index in [4.69, 9.17) is 9.47 Å². The number of amides is 1. The normalized spacial score (nSPS) is 14.3. The Morgan fingerprint density at radius 2 is 1.96 bits per heavy atom. The van der Waals surface area contributed by atoms with Gasteiger partial charge in [0.1, 0.15) is 10.6 Å². The number of ether oxygens (including phenoxy) is 2. The van der Waals surface area contributed by atoms with Gasteiger partial charge in [0.25, 0.3) is 5.91 Å². The predicted molar refractivity (Wildman–Crippen MR) is 97.5 cm³/mol. The molecule has 0 spiro atoms. The summed E-state index contributed by atoms with van der Waals surface area (Å²) in [6, 6.07) is 9.01. The van der Waals surface area contributed by atoms with Crippen LogP contribution in [0.4, 0.5) is 5.69 Å². The second-order valence-corrected chi connectivity index (χ2v) is 7.14. The molecule has 132 valence electrons. The van der Waals surface area contributed by atoms with Crippen LogP contribution in [0.5, 0.6) is 5.75 Å². The summed E-state index contributed by atoms with van der Waals surface area (Å²) in [6.45, 7) is 1.57. The van der Waals surface area contributed by atoms with Crippen LogP contribution in [0, 0.1) is 0 Å². The van der Waals surface area contributed by atoms with Crippen molar-refractivity contribution in [1.82, 2.24) is 0 Å². The number of carbonyl (C=O) groups is 2. The second kappa shape index (κ2) is 7.70. The van der Waals surface area contributed by atoms with Crippen molar-refractivity contribution in [3.05, 3.63) is 45.6 Å². The minimum absolute atomic E-state index is 0.390. The highest BCUT2D eigenvalue weighted by Crippen LogP contribution is 2.30. The van der Waals surface area contributed by atoms with Crippen molar-refractivity contribution in [2.24, 2.45) is 0 Å². The molecule has 0 saturated heterocycles. The van der Waals surface area contributed by atoms with Crippen LogP contribution in [-0.2, 0) is 22.4 Å². The van der Waals surface area contributed by atoms with Gasteiger partial charge in [-0.15, -0.1) is 11.3 Å². The Morgan fingerprint density at radius 3 is 2.72 bits per heavy atom. The maximum Gasteiger partial charge on any atom is 0.349 e. The molecule has 0 bridgehead atoms. The van der Waals surface area contributed by atoms with Gasteiger partial charge in [-0.1, -0.05) is 12.1 Å². The van der Waals surface area contributed by atoms with Crippen molar-refractivity contribution < 1.29 is 19.1 Å². The summed E-state index contributed by atoms with van der Waals surface area (Å²) in [5.41, 5.74) is 1.79. The van der Waals surface area contributed by atoms with E-state index in [9.17, 15) is 9.59 Å². The van der Waals surface area contributed by atoms with Gasteiger partial charge in [0.05, 0.1) is 12.8 Å². The van der Waals surface area contributed by atoms with Crippen LogP contribution >= 0.6 is 11.3 Å². The average Bonchev–Trinajstić information content (AvgIpc) is 3.06. The van der Waals surface area contributed by atoms with Crippen LogP contribution < -0.4 is 10.1 Å². The molecule has 1 N–H and O–H groups in total. The van der Waals surface area contributed by atoms with Crippen LogP contribution in [0.15, 0.2) is 30.3 Å². The van der Waals surface area contributed by atoms with Crippen molar-refractivity contribution in [1.29, 1.82) is 0 Å². The van der Waals surface area contributed by atoms with Crippen LogP contribution in [0.2, 0.25) is 0 Å². The molecule has 1 aromatic heterocycles. The third-order valence-corrected chi connectivity index (χ3v) is 5.43. The van der Waals surface area contributed by atoms with Gasteiger partial charge in [0.2, 0.25) is 0 Å². The number of rotatable bonds is 5. The van der Waals surface area contributed by atoms with Crippen LogP contribution in [0.1, 0.15) is 39.9 Å². The molecule has 6 heteroatoms. The van der Waals surface area contributed by atoms with E-state index in [0.29, 0.717) is 16.3 Å². The largest absolute Gasteiger partial charge is 0.495 e. The third-order valence-electron chi connectivity index (χ3n) is 4.22. The summed E-state index contributed by atoms with van der Waals surface area (Å²) in [5, 5.41) is 2.73. The van der Waals surface area contributed by atoms with Gasteiger partial charge >= 0.3 is 5.97 Å². The Bertz CT molecular complexity index is 760. The van der Waals surface area contributed by atoms with E-state index < -0.39 is 12.1 Å². The third kappa shape index (κ3) is 4.02. The van der Waals surface area contributed by atoms with Gasteiger partial charge in [-0.3, -0.25) is 4.79 Å². The number of fused-ring (bicyclic) bond motifs is 1. The Labute approximate surface area is 151 Å². The first-order valence-corrected chi connectivity index (χ1v) is 9.16. The molecule has 1 aromatic carbocycles. The molecule has 1 heterocycles. The zero-order chi connectivity index (χ0) is 17.8. The quantitative estimate of drug-likeness (QED) is 0.824. The van der Waals surface area contributed by atoms with Crippen molar-refractivity contribution in [2.45, 2.75) is 38.7 Å². The smallest absolute Gasteiger partial charge is 0.349 e. The van der Waals surface area contributed by atoms with E-state index in [1.165, 1.54) is 35.3 Å². The number of thiophene rings is 1. The molecule has 0 unspecified atom stereocenters. The lowest BCUT2D eigenvalue weighted by atomic mass is 9.99. The number of para-hydroxylation sites is 2. The van der Waals surface area contributed by atoms with Gasteiger partial charge in [0, 0.05) is 4.88 Å². The fourth-order valence-corrected chi connectivity index (χ4v) is 3.98. The highest BCUT2D eigenvalue weighted by molar-refractivity contribution is 7.14. The molecule has 0 radical (unpaired) electrons. The van der Waals surface area contributed by atoms with E-state index in [1.54, 1.807) is 25.1 Å². The standard InChI is InChI=1S/C19H21NO4S/c1-12(18(21)20-14-8-4-5-9-15(14)23-2)24-19(22)17-11-13-7-3-6-10-16(13)25-17/h4-5,8-9,11-12H,3,6-7,10H2,1-2H3,(H,20,21)/t12-/m0/s1. The van der Waals surface area contributed by atoms with Crippen LogP contribution in [0.3, 0.4) is 0 Å². The maximum atomic E-state index is 12.3. The Balaban J connectivity index is 1.63. The van der Waals surface area contributed by atoms with Gasteiger partial charge in [-0.25, -0.2) is 4.79 Å². The Hall–Kier alpha value is -2.34. The number of carbonyl (C=O) groups excluding carboxylic acids is 2. The van der Waals surface area contributed by atoms with E-state index >= 15 is 0 Å². The van der Waals surface area contributed by atoms with Crippen molar-refractivity contribution >= 4 is 28.9 Å². The summed E-state index contributed by atoms with van der Waals surface area (Å²) in [5.74, 6) is -0.276. The molecule has 1 atom stereocenters. The zero-order valence-corrected chi connectivity index (χ0v) is 15.2. The number of benzene rings is 1. The van der Waals surface area contributed by atoms with Crippen molar-refractivity contribution in [2.75, 3.05) is 12.4 Å². The van der Waals surface area contributed by atoms with E-state index in [2.05, 4.69) is 5.32 Å². The number of methoxy groups -OCH3 is 1. The average molecular weight is 359 g/mol. The molecule has 0 aliphatic heterocycles. The lowest BCUT2D eigenvalue weighted by molar-refractivity contribution is -0.123. The molecule has 1 aliphatic carbocycles. The first-order valence-electron chi connectivity index (χ1n) is 8.35. The predicted octanol–water partition coefficient (Wildman–Crippen LogP) is 3.82. The second-order valence-electron chi connectivity index (χ2n) is 6.00. The fraction of sp³-hybridized carbons (Fsp3) is 0.368. The lowest BCUT2D eigenvalue weighted by Crippen LogP contribution is -2.29. The van der Waals surface area contributed by atoms with Gasteiger partial charge in [-0.05, 0) is 56.4 Å². The first kappa shape index (κ1) is 17.5. The molecule has 5 nitrogen and oxygen atoms in total. The van der Waals surface area contributed by atoms with Gasteiger partial charge in [-0.2, -0.15) is 0 Å². The number of hydrogen-bond acceptors (Lipinski definition) is 5. The monoisotopic (exact) mass is 359 g/mol. The Morgan fingerprint density at radius 1 is 1.20 bits per heavy atom. The minimum Gasteiger partial charge on any atom is -0.495 e. The zero-order valence-electron chi connectivity index (χ0n) is 14.3. The summed E-state index contributed by atoms with van der Waals surface area (Å²) >= 11 is 1.48. The fourth-order valence-electron chi connectivity index (χ4n) is 2.85. The molecule has 0 saturated carbocycles. The van der Waals surface area contributed by atoms with E-state index in [1.807, 2.05) is 12.1 Å². The van der Waals surface area contributed by atoms with Gasteiger partial charge < -0.3 is 14.8 Å². The molecule has 25 heavy (non-hydrogen) atoms. The maximum absolute atomic E-state index is 12.3. The van der Waals surface area contributed by atoms with E-state index in [0.717, 1.165) is 19.3 Å². The van der Waals surface area contributed by atoms with Gasteiger partial charge in [0.15, 0.2) is 6.10 Å². The lowest BCUT2D eigenvalue weighted by Gasteiger charge is -2.14. The van der Waals surface area contributed by atoms with Crippen molar-refractivity contribution in [3.8, 4) is 5.75 Å². The Kier molecular flexibility index (Phi) is 5.38. The van der Waals surface area contributed by atoms with Crippen molar-refractivity contribution in [3.63, 3.8) is 0 Å². The summed E-state index contributed by atoms with van der Waals surface area (Å²) < 4.78 is 10.5. The molecular formula is C19H21NO4S. The molecule has 3 rings (SSSR count). The van der Waals surface area contributed by atoms with Crippen LogP contribution in [0.25, 0.3) is 0 Å². The molecule has 1 aliphatic rings. The molecular weight excluding hydrogens is 338 g/mol. The summed E-state index contributed by atoms with van der Waals surface area (Å²) in [6.07, 6.45) is 3.48. The summed E-state index contributed by atoms with van der Waals surface area (Å²) in [4.78, 5) is 26.5. The SMILES string of the molecule is COc1ccccc1NC(=O)[C@H](C)OC(=O)c1cc2c(s1)CCCC2. The van der Waals surface area contributed by atoms with E-state index in [-0.39, 0.29) is 5.91 Å². The highest BCUT2D eigenvalue weighted by Gasteiger charge is 2.23. The number of nitrogens with one attached hydrogen (secondary N) is 1. The number of aryl methyl sites for hydroxylation is 2. The topological polar surface area (TPSA) is 64.6 Å². The molecule has 1 amide bonds. The number of hydrogen-bond donors (Lipinski definition) is 1. The number of esters is 1. The highest BCUT2D eigenvalue weighted by atomic mass is 32.1. The number of anilines is 1. The molecule has 0 fully saturated rings. The first-order chi connectivity index (χ1) is 12.1.